The number of fused-ring (bicyclic) bond motifs is 1. The molecule has 0 aromatic carbocycles. The molecule has 158 valence electrons. The lowest BCUT2D eigenvalue weighted by molar-refractivity contribution is -0.127. The van der Waals surface area contributed by atoms with Gasteiger partial charge in [0.2, 0.25) is 5.91 Å². The topological polar surface area (TPSA) is 105 Å². The van der Waals surface area contributed by atoms with Gasteiger partial charge in [-0.3, -0.25) is 14.6 Å². The number of amides is 2. The van der Waals surface area contributed by atoms with E-state index in [0.29, 0.717) is 37.4 Å². The van der Waals surface area contributed by atoms with E-state index in [0.717, 1.165) is 24.2 Å². The van der Waals surface area contributed by atoms with Crippen molar-refractivity contribution in [1.29, 1.82) is 0 Å². The lowest BCUT2D eigenvalue weighted by Gasteiger charge is -2.26. The normalized spacial score (nSPS) is 16.1. The van der Waals surface area contributed by atoms with Gasteiger partial charge in [0.05, 0.1) is 6.33 Å². The summed E-state index contributed by atoms with van der Waals surface area (Å²) in [5.41, 5.74) is 1.37. The van der Waals surface area contributed by atoms with E-state index < -0.39 is 5.54 Å². The fourth-order valence-corrected chi connectivity index (χ4v) is 3.95. The minimum Gasteiger partial charge on any atom is -0.354 e. The Morgan fingerprint density at radius 3 is 2.68 bits per heavy atom. The molecule has 1 aliphatic heterocycles. The summed E-state index contributed by atoms with van der Waals surface area (Å²) in [4.78, 5) is 40.2. The fraction of sp³-hybridized carbons (Fsp3) is 0.318. The van der Waals surface area contributed by atoms with E-state index in [2.05, 4.69) is 25.6 Å². The third-order valence-electron chi connectivity index (χ3n) is 5.81. The standard InChI is InChI=1S/C22H23N7O2/c30-20-19-16(2-3-18(27-19)26-17-4-9-23-10-5-17)14-29(20)22(6-7-22)21(31)25-8-1-12-28-13-11-24-15-28/h2-5,9-11,13,15H,1,6-8,12,14H2,(H,25,31)(H,23,26,27). The molecule has 0 saturated heterocycles. The maximum Gasteiger partial charge on any atom is 0.274 e. The van der Waals surface area contributed by atoms with Crippen molar-refractivity contribution in [2.45, 2.75) is 37.9 Å². The van der Waals surface area contributed by atoms with Crippen molar-refractivity contribution in [2.75, 3.05) is 11.9 Å². The van der Waals surface area contributed by atoms with Crippen LogP contribution in [-0.2, 0) is 17.9 Å². The van der Waals surface area contributed by atoms with Crippen molar-refractivity contribution in [3.63, 3.8) is 0 Å². The summed E-state index contributed by atoms with van der Waals surface area (Å²) >= 11 is 0. The predicted molar refractivity (Wildman–Crippen MR) is 113 cm³/mol. The summed E-state index contributed by atoms with van der Waals surface area (Å²) in [5.74, 6) is 0.336. The first kappa shape index (κ1) is 19.2. The van der Waals surface area contributed by atoms with E-state index in [-0.39, 0.29) is 11.8 Å². The van der Waals surface area contributed by atoms with Gasteiger partial charge in [-0.15, -0.1) is 0 Å². The highest BCUT2D eigenvalue weighted by Crippen LogP contribution is 2.45. The molecule has 2 N–H and O–H groups in total. The first-order valence-electron chi connectivity index (χ1n) is 10.4. The van der Waals surface area contributed by atoms with Crippen LogP contribution in [0.15, 0.2) is 55.4 Å². The minimum atomic E-state index is -0.745. The number of aryl methyl sites for hydroxylation is 1. The second-order valence-corrected chi connectivity index (χ2v) is 7.90. The monoisotopic (exact) mass is 417 g/mol. The van der Waals surface area contributed by atoms with Gasteiger partial charge in [-0.05, 0) is 37.5 Å². The Balaban J connectivity index is 1.23. The zero-order valence-electron chi connectivity index (χ0n) is 17.0. The van der Waals surface area contributed by atoms with E-state index in [1.54, 1.807) is 29.8 Å². The van der Waals surface area contributed by atoms with Crippen LogP contribution in [0.2, 0.25) is 0 Å². The highest BCUT2D eigenvalue weighted by atomic mass is 16.2. The molecule has 0 radical (unpaired) electrons. The summed E-state index contributed by atoms with van der Waals surface area (Å²) in [5, 5.41) is 6.20. The van der Waals surface area contributed by atoms with Crippen LogP contribution in [0.3, 0.4) is 0 Å². The molecule has 0 bridgehead atoms. The predicted octanol–water partition coefficient (Wildman–Crippen LogP) is 2.11. The Hall–Kier alpha value is -3.75. The molecular formula is C22H23N7O2. The zero-order chi connectivity index (χ0) is 21.3. The van der Waals surface area contributed by atoms with Gasteiger partial charge in [-0.25, -0.2) is 9.97 Å². The van der Waals surface area contributed by atoms with Crippen LogP contribution in [0.4, 0.5) is 11.5 Å². The van der Waals surface area contributed by atoms with Crippen molar-refractivity contribution in [1.82, 2.24) is 29.7 Å². The van der Waals surface area contributed by atoms with Crippen LogP contribution in [-0.4, -0.2) is 48.3 Å². The molecular weight excluding hydrogens is 394 g/mol. The first-order valence-corrected chi connectivity index (χ1v) is 10.4. The molecule has 0 unspecified atom stereocenters. The van der Waals surface area contributed by atoms with Crippen molar-refractivity contribution < 1.29 is 9.59 Å². The molecule has 1 saturated carbocycles. The number of pyridine rings is 2. The average Bonchev–Trinajstić information content (AvgIpc) is 3.30. The van der Waals surface area contributed by atoms with Crippen molar-refractivity contribution in [3.8, 4) is 0 Å². The third-order valence-corrected chi connectivity index (χ3v) is 5.81. The van der Waals surface area contributed by atoms with E-state index in [9.17, 15) is 9.59 Å². The second kappa shape index (κ2) is 7.82. The van der Waals surface area contributed by atoms with Crippen molar-refractivity contribution in [2.24, 2.45) is 0 Å². The average molecular weight is 417 g/mol. The maximum atomic E-state index is 13.1. The Morgan fingerprint density at radius 1 is 1.10 bits per heavy atom. The van der Waals surface area contributed by atoms with Gasteiger partial charge in [0.1, 0.15) is 17.1 Å². The van der Waals surface area contributed by atoms with Crippen LogP contribution >= 0.6 is 0 Å². The third kappa shape index (κ3) is 3.74. The Morgan fingerprint density at radius 2 is 1.94 bits per heavy atom. The molecule has 1 aliphatic carbocycles. The summed E-state index contributed by atoms with van der Waals surface area (Å²) in [6.07, 6.45) is 10.9. The molecule has 9 nitrogen and oxygen atoms in total. The molecule has 2 amide bonds. The van der Waals surface area contributed by atoms with Gasteiger partial charge in [-0.2, -0.15) is 0 Å². The summed E-state index contributed by atoms with van der Waals surface area (Å²) < 4.78 is 1.98. The quantitative estimate of drug-likeness (QED) is 0.544. The minimum absolute atomic E-state index is 0.0746. The number of anilines is 2. The number of carbonyl (C=O) groups excluding carboxylic acids is 2. The Bertz CT molecular complexity index is 1090. The van der Waals surface area contributed by atoms with E-state index in [4.69, 9.17) is 0 Å². The SMILES string of the molecule is O=C1c2nc(Nc3ccncc3)ccc2CN1C1(C(=O)NCCCn2ccnc2)CC1. The van der Waals surface area contributed by atoms with Crippen LogP contribution < -0.4 is 10.6 Å². The van der Waals surface area contributed by atoms with E-state index >= 15 is 0 Å². The molecule has 3 aromatic rings. The lowest BCUT2D eigenvalue weighted by Crippen LogP contribution is -2.49. The molecule has 0 spiro atoms. The number of aromatic nitrogens is 4. The van der Waals surface area contributed by atoms with Crippen LogP contribution in [0.1, 0.15) is 35.3 Å². The number of nitrogens with one attached hydrogen (secondary N) is 2. The van der Waals surface area contributed by atoms with E-state index in [1.807, 2.05) is 35.0 Å². The molecule has 4 heterocycles. The molecule has 2 aliphatic rings. The molecule has 9 heteroatoms. The molecule has 31 heavy (non-hydrogen) atoms. The number of nitrogens with zero attached hydrogens (tertiary/aromatic N) is 5. The molecule has 0 atom stereocenters. The number of carbonyl (C=O) groups is 2. The number of imidazole rings is 1. The van der Waals surface area contributed by atoms with Gasteiger partial charge in [0.25, 0.3) is 5.91 Å². The van der Waals surface area contributed by atoms with Gasteiger partial charge in [-0.1, -0.05) is 6.07 Å². The van der Waals surface area contributed by atoms with Gasteiger partial charge < -0.3 is 20.1 Å². The van der Waals surface area contributed by atoms with Crippen LogP contribution in [0.25, 0.3) is 0 Å². The van der Waals surface area contributed by atoms with Crippen LogP contribution in [0, 0.1) is 0 Å². The zero-order valence-corrected chi connectivity index (χ0v) is 17.0. The summed E-state index contributed by atoms with van der Waals surface area (Å²) in [6, 6.07) is 7.42. The lowest BCUT2D eigenvalue weighted by atomic mass is 10.2. The Labute approximate surface area is 179 Å². The highest BCUT2D eigenvalue weighted by Gasteiger charge is 2.58. The van der Waals surface area contributed by atoms with Gasteiger partial charge in [0.15, 0.2) is 0 Å². The Kier molecular flexibility index (Phi) is 4.85. The largest absolute Gasteiger partial charge is 0.354 e. The van der Waals surface area contributed by atoms with Crippen molar-refractivity contribution in [3.05, 3.63) is 66.6 Å². The number of hydrogen-bond donors (Lipinski definition) is 2. The first-order chi connectivity index (χ1) is 15.2. The summed E-state index contributed by atoms with van der Waals surface area (Å²) in [6.45, 7) is 1.77. The summed E-state index contributed by atoms with van der Waals surface area (Å²) in [7, 11) is 0. The van der Waals surface area contributed by atoms with Crippen LogP contribution in [0.5, 0.6) is 0 Å². The fourth-order valence-electron chi connectivity index (χ4n) is 3.95. The van der Waals surface area contributed by atoms with Gasteiger partial charge in [0, 0.05) is 55.7 Å². The molecule has 3 aromatic heterocycles. The smallest absolute Gasteiger partial charge is 0.274 e. The van der Waals surface area contributed by atoms with E-state index in [1.165, 1.54) is 0 Å². The van der Waals surface area contributed by atoms with Crippen molar-refractivity contribution >= 4 is 23.3 Å². The highest BCUT2D eigenvalue weighted by molar-refractivity contribution is 6.02. The molecule has 5 rings (SSSR count). The van der Waals surface area contributed by atoms with Gasteiger partial charge >= 0.3 is 0 Å². The maximum absolute atomic E-state index is 13.1. The molecule has 1 fully saturated rings. The second-order valence-electron chi connectivity index (χ2n) is 7.90. The number of rotatable bonds is 8. The number of hydrogen-bond acceptors (Lipinski definition) is 6.